The molecule has 1 aromatic rings. The molecule has 3 nitrogen and oxygen atoms in total. The third kappa shape index (κ3) is 3.56. The van der Waals surface area contributed by atoms with Crippen LogP contribution in [0.2, 0.25) is 0 Å². The van der Waals surface area contributed by atoms with Crippen LogP contribution in [0, 0.1) is 0 Å². The third-order valence-corrected chi connectivity index (χ3v) is 3.83. The Morgan fingerprint density at radius 1 is 1.50 bits per heavy atom. The van der Waals surface area contributed by atoms with E-state index in [2.05, 4.69) is 26.6 Å². The number of carbonyl (C=O) groups is 1. The molecule has 0 unspecified atom stereocenters. The Kier molecular flexibility index (Phi) is 4.78. The first kappa shape index (κ1) is 13.6. The summed E-state index contributed by atoms with van der Waals surface area (Å²) in [4.78, 5) is 12.1. The van der Waals surface area contributed by atoms with Gasteiger partial charge in [0, 0.05) is 4.47 Å². The summed E-state index contributed by atoms with van der Waals surface area (Å²) in [5.41, 5.74) is 1.12. The molecule has 1 fully saturated rings. The number of rotatable bonds is 3. The predicted molar refractivity (Wildman–Crippen MR) is 76.3 cm³/mol. The molecule has 18 heavy (non-hydrogen) atoms. The van der Waals surface area contributed by atoms with Crippen molar-refractivity contribution in [1.29, 1.82) is 0 Å². The Labute approximate surface area is 116 Å². The van der Waals surface area contributed by atoms with E-state index in [1.54, 1.807) is 0 Å². The van der Waals surface area contributed by atoms with Crippen molar-refractivity contribution < 1.29 is 4.79 Å². The van der Waals surface area contributed by atoms with E-state index in [9.17, 15) is 4.79 Å². The van der Waals surface area contributed by atoms with Gasteiger partial charge in [0.05, 0.1) is 12.1 Å². The number of nitrogens with one attached hydrogen (secondary N) is 2. The summed E-state index contributed by atoms with van der Waals surface area (Å²) < 4.78 is 1.04. The first-order valence-electron chi connectivity index (χ1n) is 6.46. The lowest BCUT2D eigenvalue weighted by molar-refractivity contribution is -0.124. The number of amides is 1. The van der Waals surface area contributed by atoms with Gasteiger partial charge in [0.1, 0.15) is 0 Å². The Morgan fingerprint density at radius 2 is 2.33 bits per heavy atom. The molecule has 1 aromatic carbocycles. The minimum Gasteiger partial charge on any atom is -0.348 e. The number of halogens is 1. The number of piperidine rings is 1. The monoisotopic (exact) mass is 310 g/mol. The van der Waals surface area contributed by atoms with Gasteiger partial charge in [-0.1, -0.05) is 34.5 Å². The van der Waals surface area contributed by atoms with E-state index in [0.29, 0.717) is 0 Å². The van der Waals surface area contributed by atoms with Gasteiger partial charge in [0.15, 0.2) is 0 Å². The van der Waals surface area contributed by atoms with Gasteiger partial charge < -0.3 is 10.6 Å². The van der Waals surface area contributed by atoms with Gasteiger partial charge in [-0.3, -0.25) is 4.79 Å². The van der Waals surface area contributed by atoms with Crippen LogP contribution in [-0.4, -0.2) is 18.5 Å². The molecule has 1 heterocycles. The van der Waals surface area contributed by atoms with Gasteiger partial charge in [0.2, 0.25) is 5.91 Å². The summed E-state index contributed by atoms with van der Waals surface area (Å²) in [6.07, 6.45) is 3.25. The van der Waals surface area contributed by atoms with Gasteiger partial charge in [-0.05, 0) is 44.0 Å². The van der Waals surface area contributed by atoms with E-state index < -0.39 is 0 Å². The molecule has 0 radical (unpaired) electrons. The van der Waals surface area contributed by atoms with Gasteiger partial charge in [0.25, 0.3) is 0 Å². The molecule has 1 saturated heterocycles. The van der Waals surface area contributed by atoms with Crippen LogP contribution in [-0.2, 0) is 4.79 Å². The van der Waals surface area contributed by atoms with E-state index in [1.807, 2.05) is 31.2 Å². The van der Waals surface area contributed by atoms with E-state index in [1.165, 1.54) is 6.42 Å². The van der Waals surface area contributed by atoms with Crippen LogP contribution in [0.4, 0.5) is 0 Å². The molecule has 0 aliphatic carbocycles. The SMILES string of the molecule is C[C@@H](NC(=O)[C@@H]1CCCCN1)c1cccc(Br)c1. The van der Waals surface area contributed by atoms with Crippen molar-refractivity contribution in [2.75, 3.05) is 6.54 Å². The van der Waals surface area contributed by atoms with Crippen molar-refractivity contribution in [1.82, 2.24) is 10.6 Å². The summed E-state index contributed by atoms with van der Waals surface area (Å²) in [6.45, 7) is 2.96. The quantitative estimate of drug-likeness (QED) is 0.901. The van der Waals surface area contributed by atoms with Gasteiger partial charge >= 0.3 is 0 Å². The van der Waals surface area contributed by atoms with Crippen LogP contribution in [0.3, 0.4) is 0 Å². The highest BCUT2D eigenvalue weighted by atomic mass is 79.9. The fourth-order valence-electron chi connectivity index (χ4n) is 2.25. The molecule has 2 rings (SSSR count). The normalized spacial score (nSPS) is 21.3. The van der Waals surface area contributed by atoms with Crippen molar-refractivity contribution in [2.24, 2.45) is 0 Å². The average molecular weight is 311 g/mol. The molecule has 1 aliphatic rings. The molecule has 2 N–H and O–H groups in total. The van der Waals surface area contributed by atoms with E-state index in [0.717, 1.165) is 29.4 Å². The molecule has 0 bridgehead atoms. The molecule has 0 spiro atoms. The fourth-order valence-corrected chi connectivity index (χ4v) is 2.67. The molecule has 2 atom stereocenters. The van der Waals surface area contributed by atoms with Gasteiger partial charge in [-0.2, -0.15) is 0 Å². The zero-order valence-electron chi connectivity index (χ0n) is 10.6. The number of benzene rings is 1. The average Bonchev–Trinajstić information content (AvgIpc) is 2.39. The number of carbonyl (C=O) groups excluding carboxylic acids is 1. The lowest BCUT2D eigenvalue weighted by atomic mass is 10.0. The summed E-state index contributed by atoms with van der Waals surface area (Å²) in [5.74, 6) is 0.113. The Hall–Kier alpha value is -0.870. The Morgan fingerprint density at radius 3 is 3.00 bits per heavy atom. The van der Waals surface area contributed by atoms with Crippen LogP contribution in [0.15, 0.2) is 28.7 Å². The molecule has 1 aliphatic heterocycles. The van der Waals surface area contributed by atoms with Crippen molar-refractivity contribution in [3.63, 3.8) is 0 Å². The molecule has 0 saturated carbocycles. The van der Waals surface area contributed by atoms with Gasteiger partial charge in [-0.15, -0.1) is 0 Å². The first-order chi connectivity index (χ1) is 8.66. The second-order valence-corrected chi connectivity index (χ2v) is 5.70. The lowest BCUT2D eigenvalue weighted by Gasteiger charge is -2.24. The van der Waals surface area contributed by atoms with E-state index in [-0.39, 0.29) is 18.0 Å². The van der Waals surface area contributed by atoms with E-state index in [4.69, 9.17) is 0 Å². The molecule has 0 aromatic heterocycles. The highest BCUT2D eigenvalue weighted by molar-refractivity contribution is 9.10. The van der Waals surface area contributed by atoms with Crippen LogP contribution in [0.1, 0.15) is 37.8 Å². The van der Waals surface area contributed by atoms with Crippen LogP contribution in [0.5, 0.6) is 0 Å². The third-order valence-electron chi connectivity index (χ3n) is 3.33. The largest absolute Gasteiger partial charge is 0.348 e. The van der Waals surface area contributed by atoms with Gasteiger partial charge in [-0.25, -0.2) is 0 Å². The van der Waals surface area contributed by atoms with Crippen LogP contribution in [0.25, 0.3) is 0 Å². The fraction of sp³-hybridized carbons (Fsp3) is 0.500. The van der Waals surface area contributed by atoms with Crippen molar-refractivity contribution in [3.05, 3.63) is 34.3 Å². The smallest absolute Gasteiger partial charge is 0.237 e. The highest BCUT2D eigenvalue weighted by Gasteiger charge is 2.21. The maximum atomic E-state index is 12.1. The maximum absolute atomic E-state index is 12.1. The maximum Gasteiger partial charge on any atom is 0.237 e. The second-order valence-electron chi connectivity index (χ2n) is 4.79. The number of hydrogen-bond acceptors (Lipinski definition) is 2. The lowest BCUT2D eigenvalue weighted by Crippen LogP contribution is -2.47. The Bertz CT molecular complexity index is 416. The minimum atomic E-state index is -0.0200. The standard InChI is InChI=1S/C14H19BrN2O/c1-10(11-5-4-6-12(15)9-11)17-14(18)13-7-2-3-8-16-13/h4-6,9-10,13,16H,2-3,7-8H2,1H3,(H,17,18)/t10-,13+/m1/s1. The highest BCUT2D eigenvalue weighted by Crippen LogP contribution is 2.18. The molecule has 4 heteroatoms. The minimum absolute atomic E-state index is 0.0200. The molecular weight excluding hydrogens is 292 g/mol. The zero-order chi connectivity index (χ0) is 13.0. The summed E-state index contributed by atoms with van der Waals surface area (Å²) >= 11 is 3.45. The summed E-state index contributed by atoms with van der Waals surface area (Å²) in [5, 5.41) is 6.34. The Balaban J connectivity index is 1.94. The predicted octanol–water partition coefficient (Wildman–Crippen LogP) is 2.77. The molecule has 98 valence electrons. The van der Waals surface area contributed by atoms with E-state index >= 15 is 0 Å². The van der Waals surface area contributed by atoms with Crippen molar-refractivity contribution >= 4 is 21.8 Å². The van der Waals surface area contributed by atoms with Crippen molar-refractivity contribution in [2.45, 2.75) is 38.3 Å². The number of hydrogen-bond donors (Lipinski definition) is 2. The van der Waals surface area contributed by atoms with Crippen LogP contribution < -0.4 is 10.6 Å². The summed E-state index contributed by atoms with van der Waals surface area (Å²) in [6, 6.07) is 8.07. The summed E-state index contributed by atoms with van der Waals surface area (Å²) in [7, 11) is 0. The molecule has 1 amide bonds. The van der Waals surface area contributed by atoms with Crippen molar-refractivity contribution in [3.8, 4) is 0 Å². The first-order valence-corrected chi connectivity index (χ1v) is 7.25. The van der Waals surface area contributed by atoms with Crippen LogP contribution >= 0.6 is 15.9 Å². The second kappa shape index (κ2) is 6.34. The zero-order valence-corrected chi connectivity index (χ0v) is 12.2. The topological polar surface area (TPSA) is 41.1 Å². The molecular formula is C14H19BrN2O.